The Kier molecular flexibility index (Phi) is 6.33. The van der Waals surface area contributed by atoms with E-state index in [2.05, 4.69) is 9.82 Å². The molecule has 2 fully saturated rings. The SMILES string of the molecule is Cc1nn(-c2ccccc2)c(C)c1S(=O)(=O)NC(=O)C1(N)CCC2CC21.O=C(O)C(F)(F)F. The van der Waals surface area contributed by atoms with Crippen molar-refractivity contribution in [1.29, 1.82) is 0 Å². The van der Waals surface area contributed by atoms with E-state index in [1.165, 1.54) is 0 Å². The molecule has 2 aliphatic rings. The summed E-state index contributed by atoms with van der Waals surface area (Å²) >= 11 is 0. The minimum absolute atomic E-state index is 0.0312. The monoisotopic (exact) mass is 488 g/mol. The van der Waals surface area contributed by atoms with E-state index in [1.807, 2.05) is 30.3 Å². The molecule has 3 atom stereocenters. The lowest BCUT2D eigenvalue weighted by Crippen LogP contribution is -2.55. The number of halogens is 3. The van der Waals surface area contributed by atoms with E-state index in [4.69, 9.17) is 15.6 Å². The highest BCUT2D eigenvalue weighted by Gasteiger charge is 2.60. The highest BCUT2D eigenvalue weighted by atomic mass is 32.2. The molecular formula is C20H23F3N4O5S. The number of carbonyl (C=O) groups excluding carboxylic acids is 1. The minimum atomic E-state index is -5.08. The van der Waals surface area contributed by atoms with Crippen LogP contribution in [0.5, 0.6) is 0 Å². The van der Waals surface area contributed by atoms with Gasteiger partial charge in [0, 0.05) is 0 Å². The van der Waals surface area contributed by atoms with Gasteiger partial charge in [0.25, 0.3) is 15.9 Å². The Bertz CT molecular complexity index is 1180. The zero-order chi connectivity index (χ0) is 24.8. The molecule has 0 aliphatic heterocycles. The van der Waals surface area contributed by atoms with Crippen LogP contribution >= 0.6 is 0 Å². The number of sulfonamides is 1. The topological polar surface area (TPSA) is 144 Å². The summed E-state index contributed by atoms with van der Waals surface area (Å²) in [5, 5.41) is 11.5. The maximum absolute atomic E-state index is 12.9. The van der Waals surface area contributed by atoms with E-state index in [0.29, 0.717) is 23.7 Å². The highest BCUT2D eigenvalue weighted by Crippen LogP contribution is 2.56. The van der Waals surface area contributed by atoms with Crippen LogP contribution in [0, 0.1) is 25.7 Å². The molecular weight excluding hydrogens is 465 g/mol. The number of carboxylic acid groups (broad SMARTS) is 1. The molecule has 33 heavy (non-hydrogen) atoms. The molecule has 0 radical (unpaired) electrons. The van der Waals surface area contributed by atoms with Crippen LogP contribution in [0.1, 0.15) is 30.7 Å². The predicted octanol–water partition coefficient (Wildman–Crippen LogP) is 2.05. The number of fused-ring (bicyclic) bond motifs is 1. The van der Waals surface area contributed by atoms with Crippen LogP contribution in [0.4, 0.5) is 13.2 Å². The van der Waals surface area contributed by atoms with E-state index < -0.39 is 33.6 Å². The Morgan fingerprint density at radius 1 is 1.24 bits per heavy atom. The van der Waals surface area contributed by atoms with E-state index in [-0.39, 0.29) is 10.8 Å². The number of aromatic nitrogens is 2. The number of alkyl halides is 3. The molecule has 4 N–H and O–H groups in total. The summed E-state index contributed by atoms with van der Waals surface area (Å²) in [6.45, 7) is 3.30. The van der Waals surface area contributed by atoms with Crippen molar-refractivity contribution in [1.82, 2.24) is 14.5 Å². The zero-order valence-electron chi connectivity index (χ0n) is 17.8. The third-order valence-corrected chi connectivity index (χ3v) is 7.48. The van der Waals surface area contributed by atoms with Crippen LogP contribution < -0.4 is 10.5 Å². The summed E-state index contributed by atoms with van der Waals surface area (Å²) in [4.78, 5) is 21.6. The van der Waals surface area contributed by atoms with Crippen LogP contribution in [0.3, 0.4) is 0 Å². The number of rotatable bonds is 4. The maximum atomic E-state index is 12.9. The van der Waals surface area contributed by atoms with Gasteiger partial charge in [-0.3, -0.25) is 4.79 Å². The molecule has 1 aromatic carbocycles. The number of carbonyl (C=O) groups is 2. The molecule has 2 saturated carbocycles. The van der Waals surface area contributed by atoms with Gasteiger partial charge < -0.3 is 10.8 Å². The number of amides is 1. The number of nitrogens with two attached hydrogens (primary N) is 1. The first-order valence-corrected chi connectivity index (χ1v) is 11.4. The van der Waals surface area contributed by atoms with Crippen LogP contribution in [0.15, 0.2) is 35.2 Å². The summed E-state index contributed by atoms with van der Waals surface area (Å²) < 4.78 is 61.3. The summed E-state index contributed by atoms with van der Waals surface area (Å²) in [5.41, 5.74) is 6.73. The molecule has 1 amide bonds. The molecule has 0 bridgehead atoms. The molecule has 13 heteroatoms. The highest BCUT2D eigenvalue weighted by molar-refractivity contribution is 7.90. The van der Waals surface area contributed by atoms with Gasteiger partial charge in [0.05, 0.1) is 22.6 Å². The van der Waals surface area contributed by atoms with Crippen molar-refractivity contribution in [3.63, 3.8) is 0 Å². The molecule has 1 aromatic heterocycles. The number of aryl methyl sites for hydroxylation is 1. The van der Waals surface area contributed by atoms with Crippen molar-refractivity contribution in [2.75, 3.05) is 0 Å². The average molecular weight is 488 g/mol. The van der Waals surface area contributed by atoms with Gasteiger partial charge in [0.15, 0.2) is 0 Å². The van der Waals surface area contributed by atoms with Crippen molar-refractivity contribution in [3.8, 4) is 5.69 Å². The fraction of sp³-hybridized carbons (Fsp3) is 0.450. The predicted molar refractivity (Wildman–Crippen MR) is 110 cm³/mol. The number of para-hydroxylation sites is 1. The Morgan fingerprint density at radius 3 is 2.27 bits per heavy atom. The van der Waals surface area contributed by atoms with Gasteiger partial charge in [-0.25, -0.2) is 22.6 Å². The molecule has 9 nitrogen and oxygen atoms in total. The number of hydrogen-bond donors (Lipinski definition) is 3. The van der Waals surface area contributed by atoms with E-state index in [1.54, 1.807) is 18.5 Å². The molecule has 4 rings (SSSR count). The van der Waals surface area contributed by atoms with Crippen molar-refractivity contribution in [3.05, 3.63) is 41.7 Å². The van der Waals surface area contributed by atoms with E-state index >= 15 is 0 Å². The van der Waals surface area contributed by atoms with Crippen molar-refractivity contribution >= 4 is 21.9 Å². The summed E-state index contributed by atoms with van der Waals surface area (Å²) in [5.74, 6) is -2.79. The second kappa shape index (κ2) is 8.45. The zero-order valence-corrected chi connectivity index (χ0v) is 18.6. The third-order valence-electron chi connectivity index (χ3n) is 5.90. The molecule has 1 heterocycles. The lowest BCUT2D eigenvalue weighted by molar-refractivity contribution is -0.192. The van der Waals surface area contributed by atoms with Gasteiger partial charge in [-0.15, -0.1) is 0 Å². The summed E-state index contributed by atoms with van der Waals surface area (Å²) in [7, 11) is -4.05. The Labute approximate surface area is 187 Å². The molecule has 0 spiro atoms. The minimum Gasteiger partial charge on any atom is -0.475 e. The number of aliphatic carboxylic acids is 1. The maximum Gasteiger partial charge on any atom is 0.490 e. The molecule has 3 unspecified atom stereocenters. The average Bonchev–Trinajstić information content (AvgIpc) is 3.34. The van der Waals surface area contributed by atoms with Gasteiger partial charge in [-0.2, -0.15) is 18.3 Å². The third kappa shape index (κ3) is 4.88. The first kappa shape index (κ1) is 24.7. The van der Waals surface area contributed by atoms with Crippen molar-refractivity contribution < 1.29 is 36.3 Å². The fourth-order valence-corrected chi connectivity index (χ4v) is 5.64. The first-order chi connectivity index (χ1) is 15.2. The molecule has 2 aromatic rings. The Balaban J connectivity index is 0.000000383. The second-order valence-electron chi connectivity index (χ2n) is 8.17. The second-order valence-corrected chi connectivity index (χ2v) is 9.79. The number of benzene rings is 1. The van der Waals surface area contributed by atoms with Crippen molar-refractivity contribution in [2.45, 2.75) is 49.7 Å². The lowest BCUT2D eigenvalue weighted by Gasteiger charge is -2.24. The largest absolute Gasteiger partial charge is 0.490 e. The van der Waals surface area contributed by atoms with Gasteiger partial charge >= 0.3 is 12.1 Å². The van der Waals surface area contributed by atoms with Crippen molar-refractivity contribution in [2.24, 2.45) is 17.6 Å². The van der Waals surface area contributed by atoms with Crippen LogP contribution in [-0.2, 0) is 19.6 Å². The van der Waals surface area contributed by atoms with Gasteiger partial charge in [0.1, 0.15) is 4.90 Å². The van der Waals surface area contributed by atoms with E-state index in [0.717, 1.165) is 18.5 Å². The smallest absolute Gasteiger partial charge is 0.475 e. The van der Waals surface area contributed by atoms with Crippen LogP contribution in [0.25, 0.3) is 5.69 Å². The lowest BCUT2D eigenvalue weighted by atomic mass is 9.94. The van der Waals surface area contributed by atoms with E-state index in [9.17, 15) is 26.4 Å². The Morgan fingerprint density at radius 2 is 1.82 bits per heavy atom. The summed E-state index contributed by atoms with van der Waals surface area (Å²) in [6.07, 6.45) is -2.75. The van der Waals surface area contributed by atoms with Gasteiger partial charge in [-0.1, -0.05) is 18.2 Å². The number of nitrogens with one attached hydrogen (secondary N) is 1. The quantitative estimate of drug-likeness (QED) is 0.597. The molecule has 2 aliphatic carbocycles. The van der Waals surface area contributed by atoms with Crippen LogP contribution in [-0.4, -0.2) is 46.9 Å². The first-order valence-electron chi connectivity index (χ1n) is 9.96. The molecule has 0 saturated heterocycles. The number of hydrogen-bond acceptors (Lipinski definition) is 6. The number of carboxylic acids is 1. The van der Waals surface area contributed by atoms with Gasteiger partial charge in [-0.05, 0) is 57.1 Å². The van der Waals surface area contributed by atoms with Crippen LogP contribution in [0.2, 0.25) is 0 Å². The number of nitrogens with zero attached hydrogens (tertiary/aromatic N) is 2. The normalized spacial score (nSPS) is 23.8. The standard InChI is InChI=1S/C18H22N4O3S.C2HF3O2/c1-11-16(12(2)22(20-11)14-6-4-3-5-7-14)26(24,25)21-17(23)18(19)9-8-13-10-15(13)18;3-2(4,5)1(6)7/h3-7,13,15H,8-10,19H2,1-2H3,(H,21,23);(H,6,7). The Hall–Kier alpha value is -2.93. The summed E-state index contributed by atoms with van der Waals surface area (Å²) in [6, 6.07) is 9.27. The molecule has 180 valence electrons. The van der Waals surface area contributed by atoms with Gasteiger partial charge in [0.2, 0.25) is 0 Å². The fourth-order valence-electron chi connectivity index (χ4n) is 4.20.